The smallest absolute Gasteiger partial charge is 0.310 e. The summed E-state index contributed by atoms with van der Waals surface area (Å²) in [7, 11) is 0. The molecule has 1 amide bonds. The van der Waals surface area contributed by atoms with Crippen LogP contribution in [0, 0.1) is 29.6 Å². The highest BCUT2D eigenvalue weighted by Crippen LogP contribution is 2.58. The molecule has 0 spiro atoms. The van der Waals surface area contributed by atoms with Crippen molar-refractivity contribution in [3.63, 3.8) is 0 Å². The van der Waals surface area contributed by atoms with Gasteiger partial charge in [-0.25, -0.2) is 0 Å². The maximum Gasteiger partial charge on any atom is 0.310 e. The van der Waals surface area contributed by atoms with Crippen molar-refractivity contribution in [3.05, 3.63) is 0 Å². The van der Waals surface area contributed by atoms with Crippen LogP contribution in [-0.2, 0) is 14.3 Å². The molecule has 4 nitrogen and oxygen atoms in total. The maximum absolute atomic E-state index is 12.8. The molecule has 4 aliphatic rings. The Labute approximate surface area is 113 Å². The second kappa shape index (κ2) is 3.97. The Kier molecular flexibility index (Phi) is 2.45. The monoisotopic (exact) mass is 263 g/mol. The first-order valence-electron chi connectivity index (χ1n) is 7.64. The summed E-state index contributed by atoms with van der Waals surface area (Å²) >= 11 is 0. The number of ether oxygens (including phenoxy) is 1. The van der Waals surface area contributed by atoms with Gasteiger partial charge < -0.3 is 9.64 Å². The first kappa shape index (κ1) is 11.7. The summed E-state index contributed by atoms with van der Waals surface area (Å²) < 4.78 is 5.42. The van der Waals surface area contributed by atoms with Gasteiger partial charge in [0.05, 0.1) is 11.8 Å². The van der Waals surface area contributed by atoms with Crippen molar-refractivity contribution in [2.24, 2.45) is 29.6 Å². The van der Waals surface area contributed by atoms with Gasteiger partial charge in [0.1, 0.15) is 6.10 Å². The molecule has 104 valence electrons. The Morgan fingerprint density at radius 1 is 1.37 bits per heavy atom. The Balaban J connectivity index is 1.56. The van der Waals surface area contributed by atoms with Crippen LogP contribution in [0.15, 0.2) is 0 Å². The highest BCUT2D eigenvalue weighted by atomic mass is 16.6. The minimum atomic E-state index is -0.117. The minimum Gasteiger partial charge on any atom is -0.462 e. The van der Waals surface area contributed by atoms with E-state index < -0.39 is 0 Å². The molecule has 6 unspecified atom stereocenters. The molecule has 19 heavy (non-hydrogen) atoms. The standard InChI is InChI=1S/C15H21NO3/c1-8-3-2-4-16(7-8)14(17)12-9-5-10-11(6-9)19-15(18)13(10)12/h8-13H,2-7H2,1H3. The number of hydrogen-bond donors (Lipinski definition) is 0. The highest BCUT2D eigenvalue weighted by molar-refractivity contribution is 5.88. The Morgan fingerprint density at radius 2 is 2.21 bits per heavy atom. The summed E-state index contributed by atoms with van der Waals surface area (Å²) in [6, 6.07) is 0. The summed E-state index contributed by atoms with van der Waals surface area (Å²) in [5.74, 6) is 1.29. The van der Waals surface area contributed by atoms with E-state index in [0.29, 0.717) is 17.8 Å². The summed E-state index contributed by atoms with van der Waals surface area (Å²) in [6.45, 7) is 3.96. The maximum atomic E-state index is 12.8. The topological polar surface area (TPSA) is 46.6 Å². The van der Waals surface area contributed by atoms with Crippen LogP contribution in [0.4, 0.5) is 0 Å². The SMILES string of the molecule is CC1CCCN(C(=O)C2C3CC4OC(=O)C2C4C3)C1. The van der Waals surface area contributed by atoms with E-state index in [9.17, 15) is 9.59 Å². The van der Waals surface area contributed by atoms with Crippen LogP contribution in [0.2, 0.25) is 0 Å². The largest absolute Gasteiger partial charge is 0.462 e. The number of fused-ring (bicyclic) bond motifs is 1. The van der Waals surface area contributed by atoms with Gasteiger partial charge in [-0.15, -0.1) is 0 Å². The molecular formula is C15H21NO3. The van der Waals surface area contributed by atoms with Crippen molar-refractivity contribution in [2.45, 2.75) is 38.7 Å². The molecule has 0 aromatic carbocycles. The Morgan fingerprint density at radius 3 is 3.00 bits per heavy atom. The number of esters is 1. The molecule has 4 rings (SSSR count). The molecule has 2 saturated heterocycles. The predicted octanol–water partition coefficient (Wildman–Crippen LogP) is 1.44. The molecule has 2 saturated carbocycles. The zero-order valence-electron chi connectivity index (χ0n) is 11.4. The average Bonchev–Trinajstić information content (AvgIpc) is 2.98. The third-order valence-electron chi connectivity index (χ3n) is 5.74. The van der Waals surface area contributed by atoms with Gasteiger partial charge in [-0.2, -0.15) is 0 Å². The van der Waals surface area contributed by atoms with Crippen LogP contribution >= 0.6 is 0 Å². The lowest BCUT2D eigenvalue weighted by Gasteiger charge is -2.35. The van der Waals surface area contributed by atoms with Crippen molar-refractivity contribution in [3.8, 4) is 0 Å². The van der Waals surface area contributed by atoms with Crippen molar-refractivity contribution in [2.75, 3.05) is 13.1 Å². The average molecular weight is 263 g/mol. The van der Waals surface area contributed by atoms with Crippen molar-refractivity contribution in [1.82, 2.24) is 4.90 Å². The van der Waals surface area contributed by atoms with Gasteiger partial charge in [-0.3, -0.25) is 9.59 Å². The fourth-order valence-corrected chi connectivity index (χ4v) is 4.94. The van der Waals surface area contributed by atoms with E-state index in [0.717, 1.165) is 32.4 Å². The van der Waals surface area contributed by atoms with E-state index in [2.05, 4.69) is 6.92 Å². The van der Waals surface area contributed by atoms with Crippen molar-refractivity contribution < 1.29 is 14.3 Å². The van der Waals surface area contributed by atoms with E-state index in [4.69, 9.17) is 4.74 Å². The van der Waals surface area contributed by atoms with Crippen LogP contribution < -0.4 is 0 Å². The summed E-state index contributed by atoms with van der Waals surface area (Å²) in [5, 5.41) is 0. The fourth-order valence-electron chi connectivity index (χ4n) is 4.94. The van der Waals surface area contributed by atoms with Gasteiger partial charge in [-0.05, 0) is 37.5 Å². The molecule has 0 aromatic heterocycles. The van der Waals surface area contributed by atoms with E-state index in [1.54, 1.807) is 0 Å². The summed E-state index contributed by atoms with van der Waals surface area (Å²) in [4.78, 5) is 26.8. The Bertz CT molecular complexity index is 433. The van der Waals surface area contributed by atoms with Crippen LogP contribution in [-0.4, -0.2) is 36.0 Å². The first-order valence-corrected chi connectivity index (χ1v) is 7.64. The van der Waals surface area contributed by atoms with Crippen LogP contribution in [0.5, 0.6) is 0 Å². The van der Waals surface area contributed by atoms with Gasteiger partial charge in [-0.1, -0.05) is 6.92 Å². The molecule has 0 N–H and O–H groups in total. The normalized spacial score (nSPS) is 47.6. The molecule has 4 heteroatoms. The lowest BCUT2D eigenvalue weighted by molar-refractivity contribution is -0.148. The Hall–Kier alpha value is -1.06. The van der Waals surface area contributed by atoms with Gasteiger partial charge >= 0.3 is 5.97 Å². The van der Waals surface area contributed by atoms with E-state index in [-0.39, 0.29) is 29.8 Å². The summed E-state index contributed by atoms with van der Waals surface area (Å²) in [5.41, 5.74) is 0. The third kappa shape index (κ3) is 1.58. The number of carbonyl (C=O) groups is 2. The molecule has 0 radical (unpaired) electrons. The number of nitrogens with zero attached hydrogens (tertiary/aromatic N) is 1. The number of hydrogen-bond acceptors (Lipinski definition) is 3. The lowest BCUT2D eigenvalue weighted by atomic mass is 9.79. The molecular weight excluding hydrogens is 242 g/mol. The number of rotatable bonds is 1. The van der Waals surface area contributed by atoms with Gasteiger partial charge in [0.15, 0.2) is 0 Å². The second-order valence-corrected chi connectivity index (χ2v) is 6.95. The van der Waals surface area contributed by atoms with Crippen LogP contribution in [0.25, 0.3) is 0 Å². The summed E-state index contributed by atoms with van der Waals surface area (Å²) in [6.07, 6.45) is 4.40. The van der Waals surface area contributed by atoms with Crippen LogP contribution in [0.1, 0.15) is 32.6 Å². The molecule has 2 heterocycles. The fraction of sp³-hybridized carbons (Fsp3) is 0.867. The zero-order chi connectivity index (χ0) is 13.1. The van der Waals surface area contributed by atoms with E-state index >= 15 is 0 Å². The lowest BCUT2D eigenvalue weighted by Crippen LogP contribution is -2.46. The van der Waals surface area contributed by atoms with Gasteiger partial charge in [0.2, 0.25) is 5.91 Å². The molecule has 2 aliphatic heterocycles. The minimum absolute atomic E-state index is 0.0680. The number of carbonyl (C=O) groups excluding carboxylic acids is 2. The molecule has 6 atom stereocenters. The van der Waals surface area contributed by atoms with Crippen molar-refractivity contribution >= 4 is 11.9 Å². The van der Waals surface area contributed by atoms with E-state index in [1.165, 1.54) is 6.42 Å². The molecule has 4 fully saturated rings. The predicted molar refractivity (Wildman–Crippen MR) is 68.1 cm³/mol. The van der Waals surface area contributed by atoms with Gasteiger partial charge in [0, 0.05) is 19.0 Å². The third-order valence-corrected chi connectivity index (χ3v) is 5.74. The quantitative estimate of drug-likeness (QED) is 0.673. The molecule has 2 bridgehead atoms. The molecule has 2 aliphatic carbocycles. The van der Waals surface area contributed by atoms with Crippen LogP contribution in [0.3, 0.4) is 0 Å². The first-order chi connectivity index (χ1) is 9.15. The van der Waals surface area contributed by atoms with E-state index in [1.807, 2.05) is 4.90 Å². The zero-order valence-corrected chi connectivity index (χ0v) is 11.4. The second-order valence-electron chi connectivity index (χ2n) is 6.95. The van der Waals surface area contributed by atoms with Gasteiger partial charge in [0.25, 0.3) is 0 Å². The molecule has 0 aromatic rings. The number of amides is 1. The number of likely N-dealkylation sites (tertiary alicyclic amines) is 1. The highest BCUT2D eigenvalue weighted by Gasteiger charge is 2.64. The number of piperidine rings is 1. The van der Waals surface area contributed by atoms with Crippen molar-refractivity contribution in [1.29, 1.82) is 0 Å².